The Labute approximate surface area is 122 Å². The maximum Gasteiger partial charge on any atom is 0.387 e. The van der Waals surface area contributed by atoms with Crippen molar-refractivity contribution in [3.63, 3.8) is 0 Å². The smallest absolute Gasteiger partial charge is 0.387 e. The van der Waals surface area contributed by atoms with Crippen LogP contribution in [0.25, 0.3) is 0 Å². The second-order valence-corrected chi connectivity index (χ2v) is 6.63. The molecule has 1 aromatic heterocycles. The van der Waals surface area contributed by atoms with Gasteiger partial charge in [-0.05, 0) is 52.2 Å². The summed E-state index contributed by atoms with van der Waals surface area (Å²) in [6.07, 6.45) is 0. The molecule has 0 bridgehead atoms. The minimum atomic E-state index is -2.83. The fourth-order valence-corrected chi connectivity index (χ4v) is 3.59. The summed E-state index contributed by atoms with van der Waals surface area (Å²) in [5.74, 6) is 0.120. The first-order valence-corrected chi connectivity index (χ1v) is 7.14. The van der Waals surface area contributed by atoms with Crippen LogP contribution in [0.15, 0.2) is 34.1 Å². The van der Waals surface area contributed by atoms with Crippen molar-refractivity contribution in [2.75, 3.05) is 0 Å². The Bertz CT molecular complexity index is 574. The zero-order valence-electron chi connectivity index (χ0n) is 10.1. The Morgan fingerprint density at radius 2 is 2.05 bits per heavy atom. The minimum Gasteiger partial charge on any atom is -0.435 e. The number of alkyl halides is 2. The lowest BCUT2D eigenvalue weighted by atomic mass is 10.0. The maximum atomic E-state index is 12.2. The van der Waals surface area contributed by atoms with Crippen molar-refractivity contribution in [2.24, 2.45) is 5.73 Å². The number of halogens is 3. The number of ether oxygens (including phenoxy) is 1. The molecular formula is C13H12BrF2NOS. The van der Waals surface area contributed by atoms with E-state index >= 15 is 0 Å². The molecule has 1 aromatic carbocycles. The van der Waals surface area contributed by atoms with Gasteiger partial charge >= 0.3 is 6.61 Å². The monoisotopic (exact) mass is 347 g/mol. The highest BCUT2D eigenvalue weighted by Gasteiger charge is 2.15. The van der Waals surface area contributed by atoms with Crippen molar-refractivity contribution in [3.8, 4) is 5.75 Å². The van der Waals surface area contributed by atoms with E-state index in [1.54, 1.807) is 29.5 Å². The molecule has 0 saturated carbocycles. The van der Waals surface area contributed by atoms with Gasteiger partial charge < -0.3 is 10.5 Å². The van der Waals surface area contributed by atoms with Gasteiger partial charge in [-0.2, -0.15) is 8.78 Å². The first kappa shape index (κ1) is 14.4. The van der Waals surface area contributed by atoms with Gasteiger partial charge in [-0.15, -0.1) is 11.3 Å². The molecule has 1 atom stereocenters. The third-order valence-corrected chi connectivity index (χ3v) is 4.27. The van der Waals surface area contributed by atoms with E-state index in [2.05, 4.69) is 20.7 Å². The standard InChI is InChI=1S/C13H12BrF2NOS/c1-7-10(6-11(14)19-7)12(17)8-3-2-4-9(5-8)18-13(15)16/h2-6,12-13H,17H2,1H3. The molecule has 102 valence electrons. The highest BCUT2D eigenvalue weighted by Crippen LogP contribution is 2.33. The molecule has 2 aromatic rings. The summed E-state index contributed by atoms with van der Waals surface area (Å²) in [5, 5.41) is 0. The predicted molar refractivity (Wildman–Crippen MR) is 75.9 cm³/mol. The van der Waals surface area contributed by atoms with Crippen LogP contribution in [0.2, 0.25) is 0 Å². The van der Waals surface area contributed by atoms with Crippen LogP contribution in [0.5, 0.6) is 5.75 Å². The normalized spacial score (nSPS) is 12.7. The van der Waals surface area contributed by atoms with E-state index in [4.69, 9.17) is 5.73 Å². The topological polar surface area (TPSA) is 35.2 Å². The van der Waals surface area contributed by atoms with Crippen LogP contribution in [0.4, 0.5) is 8.78 Å². The zero-order valence-corrected chi connectivity index (χ0v) is 12.5. The SMILES string of the molecule is Cc1sc(Br)cc1C(N)c1cccc(OC(F)F)c1. The molecule has 0 amide bonds. The Hall–Kier alpha value is -0.980. The second-order valence-electron chi connectivity index (χ2n) is 3.99. The van der Waals surface area contributed by atoms with Crippen LogP contribution in [0.3, 0.4) is 0 Å². The first-order valence-electron chi connectivity index (χ1n) is 5.53. The van der Waals surface area contributed by atoms with Crippen LogP contribution in [0.1, 0.15) is 22.0 Å². The molecule has 0 fully saturated rings. The lowest BCUT2D eigenvalue weighted by Gasteiger charge is -2.13. The Kier molecular flexibility index (Phi) is 4.54. The number of hydrogen-bond acceptors (Lipinski definition) is 3. The second kappa shape index (κ2) is 5.98. The summed E-state index contributed by atoms with van der Waals surface area (Å²) in [4.78, 5) is 1.10. The summed E-state index contributed by atoms with van der Waals surface area (Å²) < 4.78 is 29.7. The molecular weight excluding hydrogens is 336 g/mol. The molecule has 2 rings (SSSR count). The van der Waals surface area contributed by atoms with Crippen molar-refractivity contribution in [1.82, 2.24) is 0 Å². The molecule has 0 aliphatic carbocycles. The van der Waals surface area contributed by atoms with Crippen molar-refractivity contribution in [3.05, 3.63) is 50.1 Å². The maximum absolute atomic E-state index is 12.2. The van der Waals surface area contributed by atoms with Crippen molar-refractivity contribution < 1.29 is 13.5 Å². The van der Waals surface area contributed by atoms with Gasteiger partial charge in [0.2, 0.25) is 0 Å². The van der Waals surface area contributed by atoms with Crippen LogP contribution in [0, 0.1) is 6.92 Å². The van der Waals surface area contributed by atoms with Gasteiger partial charge in [0.05, 0.1) is 9.83 Å². The molecule has 1 unspecified atom stereocenters. The summed E-state index contributed by atoms with van der Waals surface area (Å²) in [7, 11) is 0. The van der Waals surface area contributed by atoms with E-state index in [0.29, 0.717) is 0 Å². The third-order valence-electron chi connectivity index (χ3n) is 2.70. The molecule has 0 spiro atoms. The number of nitrogens with two attached hydrogens (primary N) is 1. The van der Waals surface area contributed by atoms with E-state index in [-0.39, 0.29) is 11.8 Å². The molecule has 0 aliphatic heterocycles. The van der Waals surface area contributed by atoms with Crippen LogP contribution in [-0.2, 0) is 0 Å². The first-order chi connectivity index (χ1) is 8.97. The molecule has 2 N–H and O–H groups in total. The van der Waals surface area contributed by atoms with E-state index in [9.17, 15) is 8.78 Å². The van der Waals surface area contributed by atoms with Crippen LogP contribution >= 0.6 is 27.3 Å². The molecule has 1 heterocycles. The van der Waals surface area contributed by atoms with Crippen LogP contribution < -0.4 is 10.5 Å². The lowest BCUT2D eigenvalue weighted by molar-refractivity contribution is -0.0498. The van der Waals surface area contributed by atoms with Crippen LogP contribution in [-0.4, -0.2) is 6.61 Å². The fourth-order valence-electron chi connectivity index (χ4n) is 1.83. The highest BCUT2D eigenvalue weighted by atomic mass is 79.9. The Morgan fingerprint density at radius 3 is 2.63 bits per heavy atom. The van der Waals surface area contributed by atoms with E-state index in [1.807, 2.05) is 13.0 Å². The largest absolute Gasteiger partial charge is 0.435 e. The van der Waals surface area contributed by atoms with E-state index in [1.165, 1.54) is 6.07 Å². The zero-order chi connectivity index (χ0) is 14.0. The molecule has 6 heteroatoms. The van der Waals surface area contributed by atoms with Gasteiger partial charge in [0.25, 0.3) is 0 Å². The number of rotatable bonds is 4. The highest BCUT2D eigenvalue weighted by molar-refractivity contribution is 9.11. The fraction of sp³-hybridized carbons (Fsp3) is 0.231. The number of benzene rings is 1. The van der Waals surface area contributed by atoms with E-state index in [0.717, 1.165) is 19.8 Å². The number of hydrogen-bond donors (Lipinski definition) is 1. The number of aryl methyl sites for hydroxylation is 1. The summed E-state index contributed by atoms with van der Waals surface area (Å²) >= 11 is 5.00. The minimum absolute atomic E-state index is 0.120. The molecule has 2 nitrogen and oxygen atoms in total. The van der Waals surface area contributed by atoms with Gasteiger partial charge in [0.1, 0.15) is 5.75 Å². The van der Waals surface area contributed by atoms with Crippen molar-refractivity contribution >= 4 is 27.3 Å². The molecule has 19 heavy (non-hydrogen) atoms. The third kappa shape index (κ3) is 3.52. The summed E-state index contributed by atoms with van der Waals surface area (Å²) in [6.45, 7) is -0.854. The molecule has 0 radical (unpaired) electrons. The van der Waals surface area contributed by atoms with Gasteiger partial charge in [0, 0.05) is 4.88 Å². The summed E-state index contributed by atoms with van der Waals surface area (Å²) in [5.41, 5.74) is 7.89. The lowest BCUT2D eigenvalue weighted by Crippen LogP contribution is -2.12. The van der Waals surface area contributed by atoms with E-state index < -0.39 is 6.61 Å². The predicted octanol–water partition coefficient (Wildman–Crippen LogP) is 4.47. The summed E-state index contributed by atoms with van der Waals surface area (Å²) in [6, 6.07) is 8.08. The Balaban J connectivity index is 2.28. The average Bonchev–Trinajstić information content (AvgIpc) is 2.67. The van der Waals surface area contributed by atoms with Crippen molar-refractivity contribution in [1.29, 1.82) is 0 Å². The molecule has 0 aliphatic rings. The van der Waals surface area contributed by atoms with Gasteiger partial charge in [0.15, 0.2) is 0 Å². The van der Waals surface area contributed by atoms with Gasteiger partial charge in [-0.3, -0.25) is 0 Å². The van der Waals surface area contributed by atoms with Gasteiger partial charge in [-0.25, -0.2) is 0 Å². The van der Waals surface area contributed by atoms with Gasteiger partial charge in [-0.1, -0.05) is 12.1 Å². The molecule has 0 saturated heterocycles. The van der Waals surface area contributed by atoms with Crippen molar-refractivity contribution in [2.45, 2.75) is 19.6 Å². The quantitative estimate of drug-likeness (QED) is 0.885. The number of thiophene rings is 1. The Morgan fingerprint density at radius 1 is 1.32 bits per heavy atom. The average molecular weight is 348 g/mol.